The van der Waals surface area contributed by atoms with E-state index in [-0.39, 0.29) is 31.2 Å². The molecule has 2 heterocycles. The Bertz CT molecular complexity index is 991. The first-order valence-electron chi connectivity index (χ1n) is 9.65. The van der Waals surface area contributed by atoms with Crippen LogP contribution in [0.3, 0.4) is 0 Å². The Kier molecular flexibility index (Phi) is 4.39. The van der Waals surface area contributed by atoms with Crippen molar-refractivity contribution in [3.63, 3.8) is 0 Å². The molecule has 158 valence electrons. The van der Waals surface area contributed by atoms with Crippen molar-refractivity contribution in [1.29, 1.82) is 0 Å². The van der Waals surface area contributed by atoms with Gasteiger partial charge >= 0.3 is 5.97 Å². The van der Waals surface area contributed by atoms with Gasteiger partial charge in [-0.25, -0.2) is 0 Å². The van der Waals surface area contributed by atoms with E-state index in [1.807, 2.05) is 18.2 Å². The molecule has 0 spiro atoms. The maximum absolute atomic E-state index is 12.7. The zero-order valence-corrected chi connectivity index (χ0v) is 16.8. The molecule has 2 aliphatic heterocycles. The van der Waals surface area contributed by atoms with Crippen molar-refractivity contribution >= 4 is 5.97 Å². The Labute approximate surface area is 173 Å². The molecule has 0 saturated carbocycles. The molecule has 1 unspecified atom stereocenters. The maximum atomic E-state index is 12.7. The summed E-state index contributed by atoms with van der Waals surface area (Å²) in [6.07, 6.45) is -0.843. The fourth-order valence-corrected chi connectivity index (χ4v) is 4.81. The lowest BCUT2D eigenvalue weighted by atomic mass is 9.66. The van der Waals surface area contributed by atoms with Crippen LogP contribution in [0.25, 0.3) is 0 Å². The van der Waals surface area contributed by atoms with Gasteiger partial charge in [-0.05, 0) is 41.0 Å². The van der Waals surface area contributed by atoms with Gasteiger partial charge in [0, 0.05) is 11.8 Å². The second kappa shape index (κ2) is 6.98. The van der Waals surface area contributed by atoms with Crippen LogP contribution in [0.1, 0.15) is 28.7 Å². The number of methoxy groups -OCH3 is 3. The van der Waals surface area contributed by atoms with Crippen molar-refractivity contribution in [3.8, 4) is 28.7 Å². The highest BCUT2D eigenvalue weighted by Crippen LogP contribution is 2.55. The van der Waals surface area contributed by atoms with E-state index >= 15 is 0 Å². The molecule has 1 aliphatic carbocycles. The predicted octanol–water partition coefficient (Wildman–Crippen LogP) is 2.41. The lowest BCUT2D eigenvalue weighted by Crippen LogP contribution is -2.34. The first-order valence-corrected chi connectivity index (χ1v) is 9.65. The molecule has 2 aromatic carbocycles. The number of carbonyl (C=O) groups is 1. The number of carbonyl (C=O) groups excluding carboxylic acids is 1. The molecular weight excluding hydrogens is 392 g/mol. The number of esters is 1. The third-order valence-corrected chi connectivity index (χ3v) is 6.19. The Hall–Kier alpha value is -3.13. The number of benzene rings is 2. The van der Waals surface area contributed by atoms with Crippen molar-refractivity contribution in [1.82, 2.24) is 0 Å². The van der Waals surface area contributed by atoms with Crippen LogP contribution in [0.5, 0.6) is 28.7 Å². The summed E-state index contributed by atoms with van der Waals surface area (Å²) in [5.74, 6) is 0.989. The lowest BCUT2D eigenvalue weighted by Gasteiger charge is -2.37. The number of aliphatic hydroxyl groups is 1. The minimum absolute atomic E-state index is 0.123. The molecule has 30 heavy (non-hydrogen) atoms. The average Bonchev–Trinajstić information content (AvgIpc) is 3.38. The van der Waals surface area contributed by atoms with E-state index < -0.39 is 12.0 Å². The van der Waals surface area contributed by atoms with E-state index in [9.17, 15) is 9.90 Å². The van der Waals surface area contributed by atoms with Crippen molar-refractivity contribution < 1.29 is 38.3 Å². The molecular formula is C22H22O8. The van der Waals surface area contributed by atoms with Gasteiger partial charge in [0.1, 0.15) is 0 Å². The third kappa shape index (κ3) is 2.60. The van der Waals surface area contributed by atoms with E-state index in [1.165, 1.54) is 7.11 Å². The molecule has 0 aromatic heterocycles. The van der Waals surface area contributed by atoms with Crippen molar-refractivity contribution in [2.75, 3.05) is 34.7 Å². The summed E-state index contributed by atoms with van der Waals surface area (Å²) in [5, 5.41) is 11.0. The van der Waals surface area contributed by atoms with Crippen LogP contribution in [0.2, 0.25) is 0 Å². The molecule has 1 N–H and O–H groups in total. The molecule has 0 radical (unpaired) electrons. The van der Waals surface area contributed by atoms with Crippen LogP contribution in [-0.4, -0.2) is 45.8 Å². The van der Waals surface area contributed by atoms with Crippen LogP contribution < -0.4 is 23.7 Å². The number of hydrogen-bond donors (Lipinski definition) is 1. The molecule has 4 atom stereocenters. The highest BCUT2D eigenvalue weighted by molar-refractivity contribution is 5.79. The Morgan fingerprint density at radius 1 is 0.900 bits per heavy atom. The molecule has 5 rings (SSSR count). The third-order valence-electron chi connectivity index (χ3n) is 6.19. The Balaban J connectivity index is 1.74. The van der Waals surface area contributed by atoms with Crippen LogP contribution in [0.15, 0.2) is 24.3 Å². The van der Waals surface area contributed by atoms with Crippen molar-refractivity contribution in [2.45, 2.75) is 12.0 Å². The van der Waals surface area contributed by atoms with Gasteiger partial charge in [0.2, 0.25) is 12.5 Å². The van der Waals surface area contributed by atoms with Gasteiger partial charge in [-0.3, -0.25) is 4.79 Å². The summed E-state index contributed by atoms with van der Waals surface area (Å²) in [4.78, 5) is 12.7. The lowest BCUT2D eigenvalue weighted by molar-refractivity contribution is -0.141. The summed E-state index contributed by atoms with van der Waals surface area (Å²) in [5.41, 5.74) is 2.30. The first-order chi connectivity index (χ1) is 14.6. The van der Waals surface area contributed by atoms with Crippen LogP contribution in [-0.2, 0) is 9.53 Å². The summed E-state index contributed by atoms with van der Waals surface area (Å²) in [7, 11) is 4.63. The fourth-order valence-electron chi connectivity index (χ4n) is 4.81. The van der Waals surface area contributed by atoms with Crippen LogP contribution >= 0.6 is 0 Å². The molecule has 1 fully saturated rings. The monoisotopic (exact) mass is 414 g/mol. The molecule has 8 nitrogen and oxygen atoms in total. The highest BCUT2D eigenvalue weighted by atomic mass is 16.7. The highest BCUT2D eigenvalue weighted by Gasteiger charge is 2.52. The Morgan fingerprint density at radius 3 is 2.13 bits per heavy atom. The standard InChI is InChI=1S/C22H22O8/c1-25-16-4-10(5-17(26-2)21(16)27-3)18-11-6-14-15(30-9-29-14)7-12(11)20(23)13-8-28-22(24)19(13)18/h4-7,13,18-20,23H,8-9H2,1-3H3/t13-,18?,19+,20+/m0/s1. The van der Waals surface area contributed by atoms with E-state index in [0.29, 0.717) is 34.3 Å². The van der Waals surface area contributed by atoms with Gasteiger partial charge in [-0.1, -0.05) is 0 Å². The number of hydrogen-bond acceptors (Lipinski definition) is 8. The Morgan fingerprint density at radius 2 is 1.53 bits per heavy atom. The first kappa shape index (κ1) is 18.9. The zero-order chi connectivity index (χ0) is 21.0. The van der Waals surface area contributed by atoms with E-state index in [2.05, 4.69) is 0 Å². The van der Waals surface area contributed by atoms with E-state index in [0.717, 1.165) is 11.1 Å². The summed E-state index contributed by atoms with van der Waals surface area (Å²) >= 11 is 0. The van der Waals surface area contributed by atoms with E-state index in [1.54, 1.807) is 20.3 Å². The molecule has 1 saturated heterocycles. The zero-order valence-electron chi connectivity index (χ0n) is 16.8. The maximum Gasteiger partial charge on any atom is 0.310 e. The van der Waals surface area contributed by atoms with Gasteiger partial charge in [0.05, 0.1) is 40.0 Å². The van der Waals surface area contributed by atoms with Gasteiger partial charge < -0.3 is 33.5 Å². The summed E-state index contributed by atoms with van der Waals surface area (Å²) in [6.45, 7) is 0.289. The SMILES string of the molecule is COc1cc(C2c3cc4c(cc3[C@@H](O)[C@H]3COC(=O)[C@@H]23)OCO4)cc(OC)c1OC. The fraction of sp³-hybridized carbons (Fsp3) is 0.409. The van der Waals surface area contributed by atoms with Crippen LogP contribution in [0.4, 0.5) is 0 Å². The van der Waals surface area contributed by atoms with E-state index in [4.69, 9.17) is 28.4 Å². The number of cyclic esters (lactones) is 1. The number of aliphatic hydroxyl groups excluding tert-OH is 1. The van der Waals surface area contributed by atoms with Gasteiger partial charge in [0.15, 0.2) is 23.0 Å². The molecule has 0 amide bonds. The second-order valence-corrected chi connectivity index (χ2v) is 7.54. The topological polar surface area (TPSA) is 92.7 Å². The molecule has 0 bridgehead atoms. The van der Waals surface area contributed by atoms with Gasteiger partial charge in [-0.2, -0.15) is 0 Å². The number of fused-ring (bicyclic) bond motifs is 3. The summed E-state index contributed by atoms with van der Waals surface area (Å²) in [6, 6.07) is 7.31. The van der Waals surface area contributed by atoms with Crippen LogP contribution in [0, 0.1) is 11.8 Å². The average molecular weight is 414 g/mol. The predicted molar refractivity (Wildman–Crippen MR) is 103 cm³/mol. The number of ether oxygens (including phenoxy) is 6. The number of rotatable bonds is 4. The minimum atomic E-state index is -0.843. The summed E-state index contributed by atoms with van der Waals surface area (Å²) < 4.78 is 32.9. The molecule has 3 aliphatic rings. The van der Waals surface area contributed by atoms with Gasteiger partial charge in [0.25, 0.3) is 0 Å². The normalized spacial score (nSPS) is 25.9. The van der Waals surface area contributed by atoms with Crippen molar-refractivity contribution in [2.24, 2.45) is 11.8 Å². The second-order valence-electron chi connectivity index (χ2n) is 7.54. The smallest absolute Gasteiger partial charge is 0.310 e. The minimum Gasteiger partial charge on any atom is -0.493 e. The van der Waals surface area contributed by atoms with Crippen molar-refractivity contribution in [3.05, 3.63) is 41.0 Å². The molecule has 8 heteroatoms. The quantitative estimate of drug-likeness (QED) is 0.763. The largest absolute Gasteiger partial charge is 0.493 e. The van der Waals surface area contributed by atoms with Gasteiger partial charge in [-0.15, -0.1) is 0 Å². The molecule has 2 aromatic rings.